The first kappa shape index (κ1) is 14.5. The zero-order chi connectivity index (χ0) is 14.9. The number of likely N-dealkylation sites (tertiary alicyclic amines) is 1. The van der Waals surface area contributed by atoms with E-state index in [1.165, 1.54) is 12.1 Å². The third kappa shape index (κ3) is 3.14. The van der Waals surface area contributed by atoms with Gasteiger partial charge in [0.2, 0.25) is 5.91 Å². The fourth-order valence-electron chi connectivity index (χ4n) is 2.13. The van der Waals surface area contributed by atoms with E-state index < -0.39 is 4.92 Å². The second kappa shape index (κ2) is 5.20. The highest BCUT2D eigenvalue weighted by atomic mass is 16.6. The molecule has 1 N–H and O–H groups in total. The summed E-state index contributed by atoms with van der Waals surface area (Å²) >= 11 is 0. The number of nitrogens with one attached hydrogen (secondary N) is 1. The molecule has 2 rings (SSSR count). The average Bonchev–Trinajstić information content (AvgIpc) is 2.24. The van der Waals surface area contributed by atoms with Crippen LogP contribution in [0.1, 0.15) is 20.8 Å². The zero-order valence-electron chi connectivity index (χ0n) is 11.9. The van der Waals surface area contributed by atoms with E-state index in [4.69, 9.17) is 0 Å². The van der Waals surface area contributed by atoms with Crippen LogP contribution in [0.25, 0.3) is 0 Å². The number of hydrogen-bond acceptors (Lipinski definition) is 4. The molecule has 6 nitrogen and oxygen atoms in total. The van der Waals surface area contributed by atoms with Gasteiger partial charge in [-0.25, -0.2) is 0 Å². The van der Waals surface area contributed by atoms with Gasteiger partial charge in [0.15, 0.2) is 0 Å². The Morgan fingerprint density at radius 1 is 1.40 bits per heavy atom. The molecule has 0 aliphatic carbocycles. The van der Waals surface area contributed by atoms with Gasteiger partial charge in [-0.2, -0.15) is 0 Å². The van der Waals surface area contributed by atoms with Crippen LogP contribution in [0.2, 0.25) is 0 Å². The molecule has 1 amide bonds. The predicted octanol–water partition coefficient (Wildman–Crippen LogP) is 2.26. The Morgan fingerprint density at radius 2 is 2.05 bits per heavy atom. The van der Waals surface area contributed by atoms with E-state index in [9.17, 15) is 14.9 Å². The van der Waals surface area contributed by atoms with Crippen LogP contribution in [0, 0.1) is 16.0 Å². The molecule has 1 aliphatic rings. The van der Waals surface area contributed by atoms with Gasteiger partial charge in [0.05, 0.1) is 10.8 Å². The van der Waals surface area contributed by atoms with Crippen LogP contribution in [0.4, 0.5) is 11.4 Å². The number of rotatable bonds is 3. The summed E-state index contributed by atoms with van der Waals surface area (Å²) < 4.78 is 0. The van der Waals surface area contributed by atoms with Crippen LogP contribution in [0.5, 0.6) is 0 Å². The molecule has 1 fully saturated rings. The summed E-state index contributed by atoms with van der Waals surface area (Å²) in [6, 6.07) is 6.00. The molecule has 1 aliphatic heterocycles. The molecular weight excluding hydrogens is 258 g/mol. The summed E-state index contributed by atoms with van der Waals surface area (Å²) in [6.45, 7) is 7.79. The van der Waals surface area contributed by atoms with Crippen LogP contribution in [-0.2, 0) is 4.79 Å². The van der Waals surface area contributed by atoms with Crippen LogP contribution in [-0.4, -0.2) is 34.4 Å². The van der Waals surface area contributed by atoms with Crippen molar-refractivity contribution in [1.82, 2.24) is 4.90 Å². The third-order valence-electron chi connectivity index (χ3n) is 3.53. The molecule has 1 heterocycles. The Morgan fingerprint density at radius 3 is 2.60 bits per heavy atom. The maximum absolute atomic E-state index is 12.0. The summed E-state index contributed by atoms with van der Waals surface area (Å²) in [6.07, 6.45) is 0. The Balaban J connectivity index is 1.93. The Labute approximate surface area is 117 Å². The number of carbonyl (C=O) groups is 1. The minimum Gasteiger partial charge on any atom is -0.326 e. The molecule has 108 valence electrons. The average molecular weight is 277 g/mol. The molecule has 0 unspecified atom stereocenters. The van der Waals surface area contributed by atoms with Gasteiger partial charge in [0, 0.05) is 36.4 Å². The smallest absolute Gasteiger partial charge is 0.271 e. The van der Waals surface area contributed by atoms with Gasteiger partial charge < -0.3 is 5.32 Å². The summed E-state index contributed by atoms with van der Waals surface area (Å²) in [4.78, 5) is 24.5. The van der Waals surface area contributed by atoms with Crippen molar-refractivity contribution in [1.29, 1.82) is 0 Å². The molecule has 1 saturated heterocycles. The minimum atomic E-state index is -0.472. The predicted molar refractivity (Wildman–Crippen MR) is 76.5 cm³/mol. The molecule has 0 aromatic heterocycles. The Bertz CT molecular complexity index is 531. The summed E-state index contributed by atoms with van der Waals surface area (Å²) in [5.41, 5.74) is 0.522. The van der Waals surface area contributed by atoms with Crippen molar-refractivity contribution in [3.05, 3.63) is 34.4 Å². The van der Waals surface area contributed by atoms with E-state index in [0.29, 0.717) is 5.69 Å². The Kier molecular flexibility index (Phi) is 3.76. The number of amides is 1. The fraction of sp³-hybridized carbons (Fsp3) is 0.500. The number of anilines is 1. The van der Waals surface area contributed by atoms with Crippen molar-refractivity contribution in [2.24, 2.45) is 5.92 Å². The molecule has 0 spiro atoms. The molecule has 0 radical (unpaired) electrons. The topological polar surface area (TPSA) is 75.5 Å². The normalized spacial score (nSPS) is 16.6. The summed E-state index contributed by atoms with van der Waals surface area (Å²) in [5.74, 6) is -0.125. The van der Waals surface area contributed by atoms with Gasteiger partial charge in [-0.15, -0.1) is 0 Å². The molecule has 6 heteroatoms. The second-order valence-corrected chi connectivity index (χ2v) is 6.07. The van der Waals surface area contributed by atoms with Gasteiger partial charge in [-0.05, 0) is 26.8 Å². The Hall–Kier alpha value is -1.95. The van der Waals surface area contributed by atoms with Crippen LogP contribution in [0.3, 0.4) is 0 Å². The van der Waals surface area contributed by atoms with E-state index >= 15 is 0 Å². The van der Waals surface area contributed by atoms with Crippen molar-refractivity contribution >= 4 is 17.3 Å². The molecule has 0 saturated carbocycles. The highest BCUT2D eigenvalue weighted by molar-refractivity contribution is 5.93. The molecule has 0 bridgehead atoms. The lowest BCUT2D eigenvalue weighted by molar-refractivity contribution is -0.384. The van der Waals surface area contributed by atoms with E-state index in [0.717, 1.165) is 13.1 Å². The van der Waals surface area contributed by atoms with Gasteiger partial charge in [0.25, 0.3) is 5.69 Å². The van der Waals surface area contributed by atoms with Gasteiger partial charge in [0.1, 0.15) is 0 Å². The van der Waals surface area contributed by atoms with E-state index in [-0.39, 0.29) is 23.1 Å². The number of benzene rings is 1. The van der Waals surface area contributed by atoms with Gasteiger partial charge in [-0.1, -0.05) is 6.07 Å². The maximum Gasteiger partial charge on any atom is 0.271 e. The van der Waals surface area contributed by atoms with Crippen molar-refractivity contribution in [3.8, 4) is 0 Å². The maximum atomic E-state index is 12.0. The molecule has 0 atom stereocenters. The van der Waals surface area contributed by atoms with E-state index in [1.54, 1.807) is 12.1 Å². The number of nitrogens with zero attached hydrogens (tertiary/aromatic N) is 2. The lowest BCUT2D eigenvalue weighted by Crippen LogP contribution is -2.59. The van der Waals surface area contributed by atoms with Crippen LogP contribution in [0.15, 0.2) is 24.3 Å². The van der Waals surface area contributed by atoms with Crippen LogP contribution < -0.4 is 5.32 Å². The van der Waals surface area contributed by atoms with E-state index in [2.05, 4.69) is 31.0 Å². The second-order valence-electron chi connectivity index (χ2n) is 6.07. The summed E-state index contributed by atoms with van der Waals surface area (Å²) in [7, 11) is 0. The third-order valence-corrected chi connectivity index (χ3v) is 3.53. The van der Waals surface area contributed by atoms with Crippen molar-refractivity contribution in [2.45, 2.75) is 26.3 Å². The standard InChI is InChI=1S/C14H19N3O3/c1-14(2,3)16-8-10(9-16)13(18)15-11-5-4-6-12(7-11)17(19)20/h4-7,10H,8-9H2,1-3H3,(H,15,18). The molecule has 1 aromatic rings. The minimum absolute atomic E-state index is 0.0206. The summed E-state index contributed by atoms with van der Waals surface area (Å²) in [5, 5.41) is 13.4. The first-order chi connectivity index (χ1) is 9.27. The van der Waals surface area contributed by atoms with Crippen molar-refractivity contribution < 1.29 is 9.72 Å². The molecule has 20 heavy (non-hydrogen) atoms. The van der Waals surface area contributed by atoms with Gasteiger partial charge >= 0.3 is 0 Å². The first-order valence-electron chi connectivity index (χ1n) is 6.58. The number of non-ortho nitro benzene ring substituents is 1. The zero-order valence-corrected chi connectivity index (χ0v) is 11.9. The fourth-order valence-corrected chi connectivity index (χ4v) is 2.13. The van der Waals surface area contributed by atoms with Gasteiger partial charge in [-0.3, -0.25) is 19.8 Å². The number of hydrogen-bond donors (Lipinski definition) is 1. The largest absolute Gasteiger partial charge is 0.326 e. The van der Waals surface area contributed by atoms with Crippen molar-refractivity contribution in [2.75, 3.05) is 18.4 Å². The highest BCUT2D eigenvalue weighted by Crippen LogP contribution is 2.26. The van der Waals surface area contributed by atoms with Crippen LogP contribution >= 0.6 is 0 Å². The highest BCUT2D eigenvalue weighted by Gasteiger charge is 2.38. The number of nitro benzene ring substituents is 1. The number of carbonyl (C=O) groups excluding carboxylic acids is 1. The molecular formula is C14H19N3O3. The quantitative estimate of drug-likeness (QED) is 0.679. The lowest BCUT2D eigenvalue weighted by atomic mass is 9.92. The van der Waals surface area contributed by atoms with E-state index in [1.807, 2.05) is 0 Å². The lowest BCUT2D eigenvalue weighted by Gasteiger charge is -2.46. The molecule has 1 aromatic carbocycles. The SMILES string of the molecule is CC(C)(C)N1CC(C(=O)Nc2cccc([N+](=O)[O-])c2)C1. The first-order valence-corrected chi connectivity index (χ1v) is 6.58. The number of nitro groups is 1. The van der Waals surface area contributed by atoms with Crippen molar-refractivity contribution in [3.63, 3.8) is 0 Å². The monoisotopic (exact) mass is 277 g/mol.